The van der Waals surface area contributed by atoms with Crippen LogP contribution in [0.1, 0.15) is 0 Å². The maximum atomic E-state index is 11.5. The molecule has 82 valence electrons. The first-order chi connectivity index (χ1) is 6.46. The molecule has 1 unspecified atom stereocenters. The number of nitrogens with two attached hydrogens (primary N) is 1. The predicted octanol–water partition coefficient (Wildman–Crippen LogP) is -0.650. The Morgan fingerprint density at radius 3 is 2.79 bits per heavy atom. The van der Waals surface area contributed by atoms with Gasteiger partial charge in [0.2, 0.25) is 0 Å². The summed E-state index contributed by atoms with van der Waals surface area (Å²) in [6.07, 6.45) is 1.24. The van der Waals surface area contributed by atoms with E-state index >= 15 is 0 Å². The van der Waals surface area contributed by atoms with Gasteiger partial charge in [0.05, 0.1) is 0 Å². The van der Waals surface area contributed by atoms with Gasteiger partial charge in [-0.1, -0.05) is 0 Å². The molecule has 1 atom stereocenters. The maximum Gasteiger partial charge on any atom is 0.192 e. The summed E-state index contributed by atoms with van der Waals surface area (Å²) >= 11 is 1.63. The molecule has 1 heterocycles. The standard InChI is InChI=1S/C7H15N3O2S2/c1-9-7(8)10-3-4-13-5-6(10)14(2,11)12/h6H,3-5H2,1-2H3,(H2,8,9). The number of guanidine groups is 1. The van der Waals surface area contributed by atoms with Crippen molar-refractivity contribution in [2.75, 3.05) is 31.4 Å². The Morgan fingerprint density at radius 2 is 2.29 bits per heavy atom. The summed E-state index contributed by atoms with van der Waals surface area (Å²) in [6, 6.07) is 0. The van der Waals surface area contributed by atoms with Crippen LogP contribution in [0.3, 0.4) is 0 Å². The molecule has 0 spiro atoms. The van der Waals surface area contributed by atoms with Gasteiger partial charge in [-0.05, 0) is 0 Å². The van der Waals surface area contributed by atoms with Crippen LogP contribution >= 0.6 is 11.8 Å². The van der Waals surface area contributed by atoms with Gasteiger partial charge in [0.25, 0.3) is 0 Å². The summed E-state index contributed by atoms with van der Waals surface area (Å²) in [5, 5.41) is -0.523. The summed E-state index contributed by atoms with van der Waals surface area (Å²) in [4.78, 5) is 5.48. The van der Waals surface area contributed by atoms with Gasteiger partial charge >= 0.3 is 0 Å². The number of aliphatic imine (C=N–C) groups is 1. The van der Waals surface area contributed by atoms with Gasteiger partial charge in [-0.3, -0.25) is 4.99 Å². The highest BCUT2D eigenvalue weighted by atomic mass is 32.2. The molecule has 5 nitrogen and oxygen atoms in total. The Morgan fingerprint density at radius 1 is 1.64 bits per heavy atom. The quantitative estimate of drug-likeness (QED) is 0.484. The molecule has 0 aromatic carbocycles. The van der Waals surface area contributed by atoms with Crippen LogP contribution in [-0.2, 0) is 9.84 Å². The van der Waals surface area contributed by atoms with Crippen LogP contribution in [-0.4, -0.2) is 56.0 Å². The highest BCUT2D eigenvalue weighted by molar-refractivity contribution is 8.00. The fraction of sp³-hybridized carbons (Fsp3) is 0.857. The molecule has 1 fully saturated rings. The lowest BCUT2D eigenvalue weighted by molar-refractivity contribution is 0.406. The highest BCUT2D eigenvalue weighted by Crippen LogP contribution is 2.19. The lowest BCUT2D eigenvalue weighted by Crippen LogP contribution is -2.52. The van der Waals surface area contributed by atoms with E-state index in [1.54, 1.807) is 23.7 Å². The zero-order valence-corrected chi connectivity index (χ0v) is 9.94. The number of thioether (sulfide) groups is 1. The molecule has 14 heavy (non-hydrogen) atoms. The van der Waals surface area contributed by atoms with Gasteiger partial charge in [0, 0.05) is 31.4 Å². The van der Waals surface area contributed by atoms with Crippen molar-refractivity contribution in [1.29, 1.82) is 0 Å². The Kier molecular flexibility index (Phi) is 3.65. The molecule has 0 radical (unpaired) electrons. The minimum absolute atomic E-state index is 0.306. The monoisotopic (exact) mass is 237 g/mol. The third-order valence-electron chi connectivity index (χ3n) is 2.10. The molecule has 1 aliphatic rings. The zero-order chi connectivity index (χ0) is 10.8. The van der Waals surface area contributed by atoms with Crippen molar-refractivity contribution >= 4 is 27.6 Å². The van der Waals surface area contributed by atoms with Crippen molar-refractivity contribution in [3.05, 3.63) is 0 Å². The van der Waals surface area contributed by atoms with Crippen molar-refractivity contribution in [2.24, 2.45) is 10.7 Å². The first-order valence-corrected chi connectivity index (χ1v) is 7.33. The van der Waals surface area contributed by atoms with Crippen LogP contribution in [0.5, 0.6) is 0 Å². The van der Waals surface area contributed by atoms with E-state index < -0.39 is 15.2 Å². The number of hydrogen-bond donors (Lipinski definition) is 1. The molecule has 0 aliphatic carbocycles. The largest absolute Gasteiger partial charge is 0.370 e. The van der Waals surface area contributed by atoms with Crippen LogP contribution in [0.15, 0.2) is 4.99 Å². The number of rotatable bonds is 1. The Balaban J connectivity index is 2.91. The summed E-state index contributed by atoms with van der Waals surface area (Å²) in [5.41, 5.74) is 5.64. The fourth-order valence-electron chi connectivity index (χ4n) is 1.33. The number of sulfone groups is 1. The molecule has 1 rings (SSSR count). The Hall–Kier alpha value is -0.430. The van der Waals surface area contributed by atoms with Crippen LogP contribution in [0, 0.1) is 0 Å². The molecule has 0 amide bonds. The van der Waals surface area contributed by atoms with E-state index in [2.05, 4.69) is 4.99 Å². The van der Waals surface area contributed by atoms with Crippen LogP contribution in [0.2, 0.25) is 0 Å². The molecule has 7 heteroatoms. The maximum absolute atomic E-state index is 11.5. The zero-order valence-electron chi connectivity index (χ0n) is 8.30. The Labute approximate surface area is 88.7 Å². The smallest absolute Gasteiger partial charge is 0.192 e. The molecule has 0 aromatic rings. The molecule has 0 aromatic heterocycles. The van der Waals surface area contributed by atoms with E-state index in [-0.39, 0.29) is 0 Å². The summed E-state index contributed by atoms with van der Waals surface area (Å²) in [5.74, 6) is 1.76. The molecule has 2 N–H and O–H groups in total. The van der Waals surface area contributed by atoms with Gasteiger partial charge in [-0.25, -0.2) is 8.42 Å². The van der Waals surface area contributed by atoms with Crippen molar-refractivity contribution in [2.45, 2.75) is 5.37 Å². The lowest BCUT2D eigenvalue weighted by atomic mass is 10.5. The average Bonchev–Trinajstić information content (AvgIpc) is 2.15. The topological polar surface area (TPSA) is 75.8 Å². The minimum Gasteiger partial charge on any atom is -0.370 e. The average molecular weight is 237 g/mol. The van der Waals surface area contributed by atoms with E-state index in [9.17, 15) is 8.42 Å². The van der Waals surface area contributed by atoms with Crippen molar-refractivity contribution in [3.8, 4) is 0 Å². The Bertz CT molecular complexity index is 326. The van der Waals surface area contributed by atoms with Gasteiger partial charge in [0.15, 0.2) is 15.8 Å². The van der Waals surface area contributed by atoms with E-state index in [4.69, 9.17) is 5.73 Å². The van der Waals surface area contributed by atoms with Crippen molar-refractivity contribution < 1.29 is 8.42 Å². The first-order valence-electron chi connectivity index (χ1n) is 4.22. The molecular weight excluding hydrogens is 222 g/mol. The second kappa shape index (κ2) is 4.39. The second-order valence-electron chi connectivity index (χ2n) is 3.13. The van der Waals surface area contributed by atoms with Gasteiger partial charge in [0.1, 0.15) is 5.37 Å². The van der Waals surface area contributed by atoms with Crippen LogP contribution < -0.4 is 5.73 Å². The fourth-order valence-corrected chi connectivity index (χ4v) is 4.15. The van der Waals surface area contributed by atoms with E-state index in [1.165, 1.54) is 6.26 Å². The van der Waals surface area contributed by atoms with Gasteiger partial charge in [-0.2, -0.15) is 11.8 Å². The SMILES string of the molecule is CN=C(N)N1CCSCC1S(C)(=O)=O. The molecule has 0 bridgehead atoms. The van der Waals surface area contributed by atoms with Crippen LogP contribution in [0.4, 0.5) is 0 Å². The molecule has 0 saturated carbocycles. The van der Waals surface area contributed by atoms with Gasteiger partial charge < -0.3 is 10.6 Å². The van der Waals surface area contributed by atoms with Crippen molar-refractivity contribution in [3.63, 3.8) is 0 Å². The van der Waals surface area contributed by atoms with E-state index in [0.717, 1.165) is 5.75 Å². The predicted molar refractivity (Wildman–Crippen MR) is 60.2 cm³/mol. The molecule has 1 saturated heterocycles. The second-order valence-corrected chi connectivity index (χ2v) is 6.49. The van der Waals surface area contributed by atoms with E-state index in [1.807, 2.05) is 0 Å². The lowest BCUT2D eigenvalue weighted by Gasteiger charge is -2.34. The summed E-state index contributed by atoms with van der Waals surface area (Å²) in [7, 11) is -1.52. The highest BCUT2D eigenvalue weighted by Gasteiger charge is 2.31. The van der Waals surface area contributed by atoms with Crippen molar-refractivity contribution in [1.82, 2.24) is 4.90 Å². The summed E-state index contributed by atoms with van der Waals surface area (Å²) < 4.78 is 22.9. The number of nitrogens with zero attached hydrogens (tertiary/aromatic N) is 2. The minimum atomic E-state index is -3.09. The third-order valence-corrected chi connectivity index (χ3v) is 4.75. The normalized spacial score (nSPS) is 25.1. The molecular formula is C7H15N3O2S2. The number of hydrogen-bond acceptors (Lipinski definition) is 4. The van der Waals surface area contributed by atoms with Gasteiger partial charge in [-0.15, -0.1) is 0 Å². The molecule has 1 aliphatic heterocycles. The van der Waals surface area contributed by atoms with Crippen LogP contribution in [0.25, 0.3) is 0 Å². The summed E-state index contributed by atoms with van der Waals surface area (Å²) in [6.45, 7) is 0.644. The van der Waals surface area contributed by atoms with E-state index in [0.29, 0.717) is 18.3 Å². The third kappa shape index (κ3) is 2.54. The first kappa shape index (κ1) is 11.6.